The molecule has 1 aliphatic carbocycles. The molecule has 1 aliphatic rings. The Morgan fingerprint density at radius 1 is 1.29 bits per heavy atom. The van der Waals surface area contributed by atoms with E-state index >= 15 is 0 Å². The van der Waals surface area contributed by atoms with Crippen LogP contribution in [0.25, 0.3) is 0 Å². The number of hydrogen-bond donors (Lipinski definition) is 1. The number of aromatic nitrogens is 2. The lowest BCUT2D eigenvalue weighted by atomic mass is 9.87. The van der Waals surface area contributed by atoms with Gasteiger partial charge < -0.3 is 5.32 Å². The number of hydrogen-bond acceptors (Lipinski definition) is 2. The fourth-order valence-corrected chi connectivity index (χ4v) is 2.72. The van der Waals surface area contributed by atoms with Crippen LogP contribution in [0.4, 0.5) is 0 Å². The van der Waals surface area contributed by atoms with Crippen molar-refractivity contribution < 1.29 is 0 Å². The molecule has 0 atom stereocenters. The lowest BCUT2D eigenvalue weighted by molar-refractivity contribution is 0.334. The van der Waals surface area contributed by atoms with Gasteiger partial charge in [-0.3, -0.25) is 4.68 Å². The minimum Gasteiger partial charge on any atom is -0.316 e. The van der Waals surface area contributed by atoms with Crippen LogP contribution in [0.5, 0.6) is 0 Å². The summed E-state index contributed by atoms with van der Waals surface area (Å²) < 4.78 is 1.87. The normalized spacial score (nSPS) is 17.5. The standard InChI is InChI=1S/C14H25N3/c1-17-12-9-14(16-17)8-11-15-10-7-13-5-3-2-4-6-13/h9,12-13,15H,2-8,10-11H2,1H3. The molecule has 0 radical (unpaired) electrons. The Bertz CT molecular complexity index is 313. The minimum atomic E-state index is 0.992. The molecule has 3 heteroatoms. The Balaban J connectivity index is 1.51. The number of aryl methyl sites for hydroxylation is 1. The minimum absolute atomic E-state index is 0.992. The van der Waals surface area contributed by atoms with Crippen LogP contribution in [0, 0.1) is 5.92 Å². The molecule has 1 N–H and O–H groups in total. The maximum absolute atomic E-state index is 4.37. The van der Waals surface area contributed by atoms with Crippen molar-refractivity contribution in [1.29, 1.82) is 0 Å². The molecule has 0 aliphatic heterocycles. The van der Waals surface area contributed by atoms with Crippen LogP contribution in [-0.2, 0) is 13.5 Å². The van der Waals surface area contributed by atoms with Crippen molar-refractivity contribution in [1.82, 2.24) is 15.1 Å². The Kier molecular flexibility index (Phi) is 5.05. The van der Waals surface area contributed by atoms with Gasteiger partial charge in [0.2, 0.25) is 0 Å². The van der Waals surface area contributed by atoms with Gasteiger partial charge in [0.05, 0.1) is 5.69 Å². The molecule has 0 saturated heterocycles. The van der Waals surface area contributed by atoms with Crippen LogP contribution in [0.15, 0.2) is 12.3 Å². The lowest BCUT2D eigenvalue weighted by Crippen LogP contribution is -2.21. The van der Waals surface area contributed by atoms with Gasteiger partial charge in [-0.05, 0) is 24.9 Å². The Labute approximate surface area is 105 Å². The van der Waals surface area contributed by atoms with E-state index in [1.165, 1.54) is 50.8 Å². The van der Waals surface area contributed by atoms with Crippen molar-refractivity contribution in [2.45, 2.75) is 44.9 Å². The van der Waals surface area contributed by atoms with Gasteiger partial charge in [0.15, 0.2) is 0 Å². The van der Waals surface area contributed by atoms with E-state index in [0.29, 0.717) is 0 Å². The average Bonchev–Trinajstić information content (AvgIpc) is 2.76. The molecule has 1 saturated carbocycles. The zero-order valence-corrected chi connectivity index (χ0v) is 11.0. The average molecular weight is 235 g/mol. The quantitative estimate of drug-likeness (QED) is 0.768. The summed E-state index contributed by atoms with van der Waals surface area (Å²) in [6.45, 7) is 2.24. The third kappa shape index (κ3) is 4.50. The predicted molar refractivity (Wildman–Crippen MR) is 71.0 cm³/mol. The van der Waals surface area contributed by atoms with E-state index in [1.54, 1.807) is 0 Å². The highest BCUT2D eigenvalue weighted by atomic mass is 15.2. The summed E-state index contributed by atoms with van der Waals surface area (Å²) >= 11 is 0. The maximum atomic E-state index is 4.37. The highest BCUT2D eigenvalue weighted by Crippen LogP contribution is 2.25. The third-order valence-electron chi connectivity index (χ3n) is 3.78. The second-order valence-electron chi connectivity index (χ2n) is 5.27. The third-order valence-corrected chi connectivity index (χ3v) is 3.78. The summed E-state index contributed by atoms with van der Waals surface area (Å²) in [5.74, 6) is 0.992. The molecular weight excluding hydrogens is 210 g/mol. The molecule has 0 bridgehead atoms. The molecule has 1 fully saturated rings. The maximum Gasteiger partial charge on any atom is 0.0637 e. The van der Waals surface area contributed by atoms with Crippen LogP contribution >= 0.6 is 0 Å². The van der Waals surface area contributed by atoms with Gasteiger partial charge >= 0.3 is 0 Å². The van der Waals surface area contributed by atoms with E-state index in [-0.39, 0.29) is 0 Å². The van der Waals surface area contributed by atoms with Crippen molar-refractivity contribution in [2.24, 2.45) is 13.0 Å². The summed E-state index contributed by atoms with van der Waals surface area (Å²) in [4.78, 5) is 0. The molecule has 0 aromatic carbocycles. The molecule has 1 heterocycles. The SMILES string of the molecule is Cn1ccc(CCNCCC2CCCCC2)n1. The zero-order chi connectivity index (χ0) is 11.9. The molecule has 3 nitrogen and oxygen atoms in total. The molecule has 1 aromatic rings. The fourth-order valence-electron chi connectivity index (χ4n) is 2.72. The van der Waals surface area contributed by atoms with E-state index in [2.05, 4.69) is 16.5 Å². The van der Waals surface area contributed by atoms with Gasteiger partial charge in [0.1, 0.15) is 0 Å². The summed E-state index contributed by atoms with van der Waals surface area (Å²) in [6.07, 6.45) is 11.7. The van der Waals surface area contributed by atoms with Crippen LogP contribution < -0.4 is 5.32 Å². The second kappa shape index (κ2) is 6.80. The Hall–Kier alpha value is -0.830. The first-order valence-corrected chi connectivity index (χ1v) is 7.04. The predicted octanol–water partition coefficient (Wildman–Crippen LogP) is 2.52. The smallest absolute Gasteiger partial charge is 0.0637 e. The first-order chi connectivity index (χ1) is 8.34. The van der Waals surface area contributed by atoms with Crippen molar-refractivity contribution >= 4 is 0 Å². The summed E-state index contributed by atoms with van der Waals surface area (Å²) in [6, 6.07) is 2.10. The van der Waals surface area contributed by atoms with Crippen LogP contribution in [0.3, 0.4) is 0 Å². The van der Waals surface area contributed by atoms with Crippen LogP contribution in [0.2, 0.25) is 0 Å². The van der Waals surface area contributed by atoms with Crippen molar-refractivity contribution in [3.8, 4) is 0 Å². The summed E-state index contributed by atoms with van der Waals surface area (Å²) in [5.41, 5.74) is 1.19. The lowest BCUT2D eigenvalue weighted by Gasteiger charge is -2.21. The topological polar surface area (TPSA) is 29.9 Å². The first kappa shape index (κ1) is 12.6. The van der Waals surface area contributed by atoms with E-state index in [9.17, 15) is 0 Å². The number of nitrogens with zero attached hydrogens (tertiary/aromatic N) is 2. The van der Waals surface area contributed by atoms with E-state index in [1.807, 2.05) is 17.9 Å². The summed E-state index contributed by atoms with van der Waals surface area (Å²) in [7, 11) is 1.97. The molecule has 96 valence electrons. The Morgan fingerprint density at radius 3 is 2.82 bits per heavy atom. The molecule has 1 aromatic heterocycles. The van der Waals surface area contributed by atoms with Gasteiger partial charge in [0.25, 0.3) is 0 Å². The molecular formula is C14H25N3. The van der Waals surface area contributed by atoms with Gasteiger partial charge in [-0.2, -0.15) is 5.10 Å². The largest absolute Gasteiger partial charge is 0.316 e. The molecule has 0 spiro atoms. The molecule has 0 unspecified atom stereocenters. The first-order valence-electron chi connectivity index (χ1n) is 7.04. The van der Waals surface area contributed by atoms with Gasteiger partial charge in [-0.15, -0.1) is 0 Å². The van der Waals surface area contributed by atoms with E-state index in [4.69, 9.17) is 0 Å². The van der Waals surface area contributed by atoms with Crippen molar-refractivity contribution in [2.75, 3.05) is 13.1 Å². The molecule has 2 rings (SSSR count). The van der Waals surface area contributed by atoms with Crippen molar-refractivity contribution in [3.63, 3.8) is 0 Å². The number of rotatable bonds is 6. The molecule has 0 amide bonds. The monoisotopic (exact) mass is 235 g/mol. The molecule has 17 heavy (non-hydrogen) atoms. The summed E-state index contributed by atoms with van der Waals surface area (Å²) in [5, 5.41) is 7.92. The van der Waals surface area contributed by atoms with E-state index in [0.717, 1.165) is 18.9 Å². The van der Waals surface area contributed by atoms with Crippen molar-refractivity contribution in [3.05, 3.63) is 18.0 Å². The zero-order valence-electron chi connectivity index (χ0n) is 11.0. The highest BCUT2D eigenvalue weighted by molar-refractivity contribution is 4.98. The van der Waals surface area contributed by atoms with Crippen LogP contribution in [-0.4, -0.2) is 22.9 Å². The highest BCUT2D eigenvalue weighted by Gasteiger charge is 2.12. The van der Waals surface area contributed by atoms with Gasteiger partial charge in [-0.1, -0.05) is 32.1 Å². The number of nitrogens with one attached hydrogen (secondary N) is 1. The second-order valence-corrected chi connectivity index (χ2v) is 5.27. The van der Waals surface area contributed by atoms with Crippen LogP contribution in [0.1, 0.15) is 44.2 Å². The van der Waals surface area contributed by atoms with Gasteiger partial charge in [-0.25, -0.2) is 0 Å². The van der Waals surface area contributed by atoms with E-state index < -0.39 is 0 Å². The Morgan fingerprint density at radius 2 is 2.12 bits per heavy atom. The fraction of sp³-hybridized carbons (Fsp3) is 0.786. The van der Waals surface area contributed by atoms with Gasteiger partial charge in [0, 0.05) is 26.2 Å².